The molecular weight excluding hydrogens is 86.1 g/mol. The van der Waals surface area contributed by atoms with E-state index in [1.807, 2.05) is 26.1 Å². The molecular formula is C6H11N. The summed E-state index contributed by atoms with van der Waals surface area (Å²) in [5, 5.41) is 0. The van der Waals surface area contributed by atoms with Gasteiger partial charge in [0, 0.05) is 13.3 Å². The fourth-order valence-corrected chi connectivity index (χ4v) is 0.278. The summed E-state index contributed by atoms with van der Waals surface area (Å²) >= 11 is 0. The maximum Gasteiger partial charge on any atom is 0.0277 e. The molecule has 0 fully saturated rings. The van der Waals surface area contributed by atoms with Crippen molar-refractivity contribution in [3.05, 3.63) is 11.6 Å². The Balaban J connectivity index is 3.58. The molecule has 0 radical (unpaired) electrons. The van der Waals surface area contributed by atoms with E-state index in [2.05, 4.69) is 4.99 Å². The first-order valence-electron chi connectivity index (χ1n) is 2.36. The summed E-state index contributed by atoms with van der Waals surface area (Å²) in [5.74, 6) is 0. The van der Waals surface area contributed by atoms with Crippen molar-refractivity contribution in [1.82, 2.24) is 0 Å². The highest BCUT2D eigenvalue weighted by Gasteiger charge is 1.71. The van der Waals surface area contributed by atoms with Crippen molar-refractivity contribution in [2.45, 2.75) is 13.8 Å². The van der Waals surface area contributed by atoms with Gasteiger partial charge >= 0.3 is 0 Å². The second kappa shape index (κ2) is 3.59. The Labute approximate surface area is 44.8 Å². The molecule has 0 bridgehead atoms. The first-order valence-corrected chi connectivity index (χ1v) is 2.36. The minimum atomic E-state index is 1.21. The second-order valence-electron chi connectivity index (χ2n) is 1.42. The maximum atomic E-state index is 3.81. The average Bonchev–Trinajstić information content (AvgIpc) is 1.68. The van der Waals surface area contributed by atoms with Gasteiger partial charge in [-0.25, -0.2) is 0 Å². The molecule has 0 spiro atoms. The molecule has 0 amide bonds. The highest BCUT2D eigenvalue weighted by Crippen LogP contribution is 1.82. The molecule has 0 aliphatic rings. The lowest BCUT2D eigenvalue weighted by atomic mass is 10.3. The molecule has 0 aliphatic heterocycles. The Bertz CT molecular complexity index is 90.4. The lowest BCUT2D eigenvalue weighted by Crippen LogP contribution is -1.72. The lowest BCUT2D eigenvalue weighted by molar-refractivity contribution is 1.44. The van der Waals surface area contributed by atoms with Crippen LogP contribution >= 0.6 is 0 Å². The fourth-order valence-electron chi connectivity index (χ4n) is 0.278. The minimum Gasteiger partial charge on any atom is -0.296 e. The van der Waals surface area contributed by atoms with Gasteiger partial charge in [0.25, 0.3) is 0 Å². The smallest absolute Gasteiger partial charge is 0.0277 e. The van der Waals surface area contributed by atoms with Gasteiger partial charge < -0.3 is 0 Å². The van der Waals surface area contributed by atoms with E-state index in [1.165, 1.54) is 5.57 Å². The fraction of sp³-hybridized carbons (Fsp3) is 0.500. The van der Waals surface area contributed by atoms with E-state index in [4.69, 9.17) is 0 Å². The summed E-state index contributed by atoms with van der Waals surface area (Å²) in [6, 6.07) is 0. The molecule has 0 N–H and O–H groups in total. The summed E-state index contributed by atoms with van der Waals surface area (Å²) in [7, 11) is 1.77. The number of rotatable bonds is 1. The van der Waals surface area contributed by atoms with Crippen LogP contribution < -0.4 is 0 Å². The molecule has 0 aliphatic carbocycles. The highest BCUT2D eigenvalue weighted by molar-refractivity contribution is 5.77. The molecule has 1 heteroatoms. The van der Waals surface area contributed by atoms with Crippen molar-refractivity contribution in [2.24, 2.45) is 4.99 Å². The quantitative estimate of drug-likeness (QED) is 0.441. The molecule has 0 unspecified atom stereocenters. The van der Waals surface area contributed by atoms with Gasteiger partial charge in [-0.05, 0) is 19.4 Å². The van der Waals surface area contributed by atoms with Crippen LogP contribution in [0.4, 0.5) is 0 Å². The van der Waals surface area contributed by atoms with Crippen molar-refractivity contribution in [3.63, 3.8) is 0 Å². The second-order valence-corrected chi connectivity index (χ2v) is 1.42. The van der Waals surface area contributed by atoms with Gasteiger partial charge in [-0.15, -0.1) is 0 Å². The van der Waals surface area contributed by atoms with E-state index in [-0.39, 0.29) is 0 Å². The minimum absolute atomic E-state index is 1.21. The number of aliphatic imine (C=N–C) groups is 1. The van der Waals surface area contributed by atoms with Gasteiger partial charge in [0.15, 0.2) is 0 Å². The van der Waals surface area contributed by atoms with Gasteiger partial charge in [-0.2, -0.15) is 0 Å². The average molecular weight is 97.2 g/mol. The van der Waals surface area contributed by atoms with Crippen LogP contribution in [0.3, 0.4) is 0 Å². The monoisotopic (exact) mass is 97.1 g/mol. The van der Waals surface area contributed by atoms with Crippen LogP contribution in [0, 0.1) is 0 Å². The van der Waals surface area contributed by atoms with E-state index in [9.17, 15) is 0 Å². The molecule has 0 saturated heterocycles. The van der Waals surface area contributed by atoms with E-state index < -0.39 is 0 Å². The van der Waals surface area contributed by atoms with Crippen molar-refractivity contribution in [3.8, 4) is 0 Å². The molecule has 40 valence electrons. The van der Waals surface area contributed by atoms with Crippen LogP contribution in [0.2, 0.25) is 0 Å². The maximum absolute atomic E-state index is 3.81. The predicted octanol–water partition coefficient (Wildman–Crippen LogP) is 1.65. The molecule has 0 rings (SSSR count). The molecule has 0 heterocycles. The highest BCUT2D eigenvalue weighted by atomic mass is 14.6. The summed E-state index contributed by atoms with van der Waals surface area (Å²) in [4.78, 5) is 3.81. The molecule has 0 saturated carbocycles. The third kappa shape index (κ3) is 3.23. The van der Waals surface area contributed by atoms with E-state index in [0.29, 0.717) is 0 Å². The van der Waals surface area contributed by atoms with Crippen LogP contribution in [0.15, 0.2) is 16.6 Å². The summed E-state index contributed by atoms with van der Waals surface area (Å²) in [5.41, 5.74) is 1.21. The van der Waals surface area contributed by atoms with E-state index in [0.717, 1.165) is 0 Å². The molecule has 0 aromatic carbocycles. The molecule has 0 aromatic rings. The number of nitrogens with zero attached hydrogens (tertiary/aromatic N) is 1. The predicted molar refractivity (Wildman–Crippen MR) is 33.8 cm³/mol. The van der Waals surface area contributed by atoms with Gasteiger partial charge in [-0.3, -0.25) is 4.99 Å². The Kier molecular flexibility index (Phi) is 3.29. The van der Waals surface area contributed by atoms with E-state index >= 15 is 0 Å². The van der Waals surface area contributed by atoms with E-state index in [1.54, 1.807) is 7.05 Å². The lowest BCUT2D eigenvalue weighted by Gasteiger charge is -1.80. The van der Waals surface area contributed by atoms with Gasteiger partial charge in [0.1, 0.15) is 0 Å². The number of hydrogen-bond donors (Lipinski definition) is 0. The van der Waals surface area contributed by atoms with Crippen LogP contribution in [-0.2, 0) is 0 Å². The first kappa shape index (κ1) is 6.41. The molecule has 0 aromatic heterocycles. The Morgan fingerprint density at radius 1 is 1.57 bits per heavy atom. The molecule has 0 atom stereocenters. The number of hydrogen-bond acceptors (Lipinski definition) is 1. The summed E-state index contributed by atoms with van der Waals surface area (Å²) in [6.07, 6.45) is 3.85. The van der Waals surface area contributed by atoms with Crippen LogP contribution in [0.1, 0.15) is 13.8 Å². The SMILES string of the molecule is C/C=C(C)\C=N/C. The summed E-state index contributed by atoms with van der Waals surface area (Å²) in [6.45, 7) is 4.02. The zero-order valence-electron chi connectivity index (χ0n) is 5.10. The molecule has 7 heavy (non-hydrogen) atoms. The van der Waals surface area contributed by atoms with Crippen LogP contribution in [0.5, 0.6) is 0 Å². The van der Waals surface area contributed by atoms with Crippen molar-refractivity contribution >= 4 is 6.21 Å². The zero-order valence-corrected chi connectivity index (χ0v) is 5.10. The van der Waals surface area contributed by atoms with Crippen molar-refractivity contribution in [2.75, 3.05) is 7.05 Å². The van der Waals surface area contributed by atoms with Crippen LogP contribution in [-0.4, -0.2) is 13.3 Å². The normalized spacial score (nSPS) is 13.3. The topological polar surface area (TPSA) is 12.4 Å². The van der Waals surface area contributed by atoms with Gasteiger partial charge in [0.05, 0.1) is 0 Å². The third-order valence-electron chi connectivity index (χ3n) is 0.788. The standard InChI is InChI=1S/C6H11N/c1-4-6(2)5-7-3/h4-5H,1-3H3/b6-4-,7-5-. The van der Waals surface area contributed by atoms with Gasteiger partial charge in [-0.1, -0.05) is 6.08 Å². The van der Waals surface area contributed by atoms with Crippen molar-refractivity contribution < 1.29 is 0 Å². The van der Waals surface area contributed by atoms with Gasteiger partial charge in [0.2, 0.25) is 0 Å². The third-order valence-corrected chi connectivity index (χ3v) is 0.788. The Morgan fingerprint density at radius 2 is 2.14 bits per heavy atom. The summed E-state index contributed by atoms with van der Waals surface area (Å²) < 4.78 is 0. The Hall–Kier alpha value is -0.590. The molecule has 1 nitrogen and oxygen atoms in total. The Morgan fingerprint density at radius 3 is 2.29 bits per heavy atom. The first-order chi connectivity index (χ1) is 3.31. The largest absolute Gasteiger partial charge is 0.296 e. The van der Waals surface area contributed by atoms with Crippen LogP contribution in [0.25, 0.3) is 0 Å². The zero-order chi connectivity index (χ0) is 5.70. The number of allylic oxidation sites excluding steroid dienone is 2. The van der Waals surface area contributed by atoms with Crippen molar-refractivity contribution in [1.29, 1.82) is 0 Å².